The molecule has 0 bridgehead atoms. The van der Waals surface area contributed by atoms with Gasteiger partial charge in [0.05, 0.1) is 22.2 Å². The molecule has 2 aromatic heterocycles. The number of carbonyl (C=O) groups excluding carboxylic acids is 8. The molecule has 15 nitrogen and oxygen atoms in total. The number of Topliss-reactive ketones (excluding diaryl/α,β-unsaturated/α-hetero) is 6. The average molecular weight is 1370 g/mol. The number of benzene rings is 5. The fourth-order valence-corrected chi connectivity index (χ4v) is 11.0. The summed E-state index contributed by atoms with van der Waals surface area (Å²) < 4.78 is 4.80. The number of urea groups is 1. The van der Waals surface area contributed by atoms with E-state index in [2.05, 4.69) is 0 Å². The summed E-state index contributed by atoms with van der Waals surface area (Å²) in [6.45, 7) is 42.6. The predicted molar refractivity (Wildman–Crippen MR) is 411 cm³/mol. The second-order valence-corrected chi connectivity index (χ2v) is 30.4. The minimum Gasteiger partial charge on any atom is -0.298 e. The van der Waals surface area contributed by atoms with Crippen LogP contribution in [-0.2, 0) is 37.4 Å². The summed E-state index contributed by atoms with van der Waals surface area (Å²) in [7, 11) is 1.80. The number of hydrogen-bond acceptors (Lipinski definition) is 10. The smallest absolute Gasteiger partial charge is 0.298 e. The molecular weight excluding hydrogens is 1260 g/mol. The highest BCUT2D eigenvalue weighted by molar-refractivity contribution is 6.39. The molecule has 0 unspecified atom stereocenters. The number of hydrogen-bond donors (Lipinski definition) is 0. The van der Waals surface area contributed by atoms with Gasteiger partial charge >= 0.3 is 6.03 Å². The van der Waals surface area contributed by atoms with Crippen molar-refractivity contribution in [2.75, 3.05) is 18.0 Å². The molecule has 0 N–H and O–H groups in total. The van der Waals surface area contributed by atoms with E-state index in [0.717, 1.165) is 63.3 Å². The lowest BCUT2D eigenvalue weighted by Crippen LogP contribution is -2.42. The second kappa shape index (κ2) is 34.7. The van der Waals surface area contributed by atoms with Gasteiger partial charge in [0.25, 0.3) is 11.1 Å². The lowest BCUT2D eigenvalue weighted by atomic mass is 9.80. The SMILES string of the molecule is C.CC.Cc1ccc(-n2c(=O)c(C(=O)C(C)(C)C)c(C)n2C)cc1.Cc1ccc(-n2cccc(C(=O)C(C)(C)C)c2=O)cc1.Cc1ccc(C2=CCC=C(C(=O)C(C)(C)C)C2=O)cc1.Cc1ccc(CC(=O)C2(C(=O)C(C)C)CC2)cc1.Cc1ccc(N2CCN(C(=O)C(C)(C)C)C2=O)cc1. The molecule has 7 aromatic rings. The molecule has 1 saturated carbocycles. The quantitative estimate of drug-likeness (QED) is 0.0646. The molecule has 540 valence electrons. The Balaban J connectivity index is 0.000000265. The molecule has 0 spiro atoms. The average Bonchev–Trinajstić information content (AvgIpc) is 1.64. The van der Waals surface area contributed by atoms with Crippen molar-refractivity contribution in [2.24, 2.45) is 40.0 Å². The van der Waals surface area contributed by atoms with Gasteiger partial charge in [-0.3, -0.25) is 62.2 Å². The third-order valence-corrected chi connectivity index (χ3v) is 17.4. The largest absolute Gasteiger partial charge is 0.331 e. The zero-order chi connectivity index (χ0) is 75.3. The van der Waals surface area contributed by atoms with Gasteiger partial charge < -0.3 is 0 Å². The number of carbonyl (C=O) groups is 8. The van der Waals surface area contributed by atoms with E-state index < -0.39 is 27.1 Å². The van der Waals surface area contributed by atoms with Gasteiger partial charge in [-0.1, -0.05) is 243 Å². The van der Waals surface area contributed by atoms with Gasteiger partial charge in [0.2, 0.25) is 5.91 Å². The number of aromatic nitrogens is 3. The predicted octanol–water partition coefficient (Wildman–Crippen LogP) is 17.9. The van der Waals surface area contributed by atoms with Gasteiger partial charge in [0, 0.05) is 83.0 Å². The van der Waals surface area contributed by atoms with Crippen LogP contribution in [0.25, 0.3) is 16.9 Å². The maximum atomic E-state index is 12.7. The summed E-state index contributed by atoms with van der Waals surface area (Å²) in [4.78, 5) is 127. The normalized spacial score (nSPS) is 13.9. The molecule has 101 heavy (non-hydrogen) atoms. The molecule has 3 aliphatic rings. The van der Waals surface area contributed by atoms with Crippen molar-refractivity contribution >= 4 is 57.9 Å². The third-order valence-electron chi connectivity index (χ3n) is 17.4. The van der Waals surface area contributed by atoms with E-state index in [-0.39, 0.29) is 82.2 Å². The molecule has 2 aliphatic carbocycles. The molecule has 5 aromatic carbocycles. The summed E-state index contributed by atoms with van der Waals surface area (Å²) in [6.07, 6.45) is 7.83. The van der Waals surface area contributed by atoms with E-state index in [1.165, 1.54) is 15.0 Å². The van der Waals surface area contributed by atoms with E-state index in [9.17, 15) is 47.9 Å². The van der Waals surface area contributed by atoms with Crippen molar-refractivity contribution < 1.29 is 38.4 Å². The van der Waals surface area contributed by atoms with Crippen LogP contribution in [0.1, 0.15) is 203 Å². The van der Waals surface area contributed by atoms with Crippen molar-refractivity contribution in [3.63, 3.8) is 0 Å². The number of imide groups is 1. The Morgan fingerprint density at radius 2 is 0.941 bits per heavy atom. The first kappa shape index (κ1) is 83.9. The number of pyridine rings is 1. The molecular formula is C86H111N5O10. The molecule has 2 fully saturated rings. The summed E-state index contributed by atoms with van der Waals surface area (Å²) in [6, 6.07) is 42.0. The fraction of sp³-hybridized carbons (Fsp3) is 0.419. The molecule has 10 rings (SSSR count). The maximum absolute atomic E-state index is 12.7. The van der Waals surface area contributed by atoms with Gasteiger partial charge in [0.15, 0.2) is 28.9 Å². The van der Waals surface area contributed by atoms with Gasteiger partial charge in [-0.15, -0.1) is 0 Å². The topological polar surface area (TPSA) is 192 Å². The van der Waals surface area contributed by atoms with E-state index in [4.69, 9.17) is 0 Å². The first-order valence-corrected chi connectivity index (χ1v) is 34.7. The van der Waals surface area contributed by atoms with Crippen molar-refractivity contribution in [1.82, 2.24) is 18.8 Å². The van der Waals surface area contributed by atoms with Crippen molar-refractivity contribution in [1.29, 1.82) is 0 Å². The number of nitrogens with zero attached hydrogens (tertiary/aromatic N) is 5. The Labute approximate surface area is 600 Å². The molecule has 1 aliphatic heterocycles. The number of rotatable bonds is 12. The van der Waals surface area contributed by atoms with Crippen LogP contribution >= 0.6 is 0 Å². The second-order valence-electron chi connectivity index (χ2n) is 30.4. The van der Waals surface area contributed by atoms with Crippen molar-refractivity contribution in [3.05, 3.63) is 234 Å². The Morgan fingerprint density at radius 1 is 0.505 bits per heavy atom. The highest BCUT2D eigenvalue weighted by Crippen LogP contribution is 2.49. The summed E-state index contributed by atoms with van der Waals surface area (Å²) in [5.74, 6) is -0.429. The minimum absolute atomic E-state index is 0. The zero-order valence-corrected chi connectivity index (χ0v) is 63.6. The zero-order valence-electron chi connectivity index (χ0n) is 63.6. The lowest BCUT2D eigenvalue weighted by molar-refractivity contribution is -0.137. The number of anilines is 1. The fourth-order valence-electron chi connectivity index (χ4n) is 11.0. The Morgan fingerprint density at radius 3 is 1.38 bits per heavy atom. The molecule has 15 heteroatoms. The van der Waals surface area contributed by atoms with Gasteiger partial charge in [-0.05, 0) is 120 Å². The van der Waals surface area contributed by atoms with Crippen LogP contribution in [0.15, 0.2) is 167 Å². The van der Waals surface area contributed by atoms with Crippen LogP contribution in [0.3, 0.4) is 0 Å². The highest BCUT2D eigenvalue weighted by Gasteiger charge is 2.55. The maximum Gasteiger partial charge on any atom is 0.331 e. The van der Waals surface area contributed by atoms with Crippen LogP contribution in [0.4, 0.5) is 10.5 Å². The van der Waals surface area contributed by atoms with Crippen LogP contribution in [0, 0.1) is 74.5 Å². The monoisotopic (exact) mass is 1370 g/mol. The van der Waals surface area contributed by atoms with Crippen LogP contribution in [0.5, 0.6) is 0 Å². The van der Waals surface area contributed by atoms with Gasteiger partial charge in [-0.25, -0.2) is 9.48 Å². The summed E-state index contributed by atoms with van der Waals surface area (Å²) >= 11 is 0. The number of ketones is 6. The van der Waals surface area contributed by atoms with Crippen molar-refractivity contribution in [3.8, 4) is 11.4 Å². The van der Waals surface area contributed by atoms with E-state index in [0.29, 0.717) is 42.8 Å². The summed E-state index contributed by atoms with van der Waals surface area (Å²) in [5.41, 5.74) is 8.85. The first-order chi connectivity index (χ1) is 46.5. The minimum atomic E-state index is -0.640. The van der Waals surface area contributed by atoms with Crippen LogP contribution < -0.4 is 16.0 Å². The molecule has 3 amide bonds. The Bertz CT molecular complexity index is 4290. The van der Waals surface area contributed by atoms with Crippen molar-refractivity contribution in [2.45, 2.75) is 185 Å². The lowest BCUT2D eigenvalue weighted by Gasteiger charge is -2.24. The Kier molecular flexibility index (Phi) is 28.8. The third kappa shape index (κ3) is 21.3. The van der Waals surface area contributed by atoms with Gasteiger partial charge in [-0.2, -0.15) is 0 Å². The van der Waals surface area contributed by atoms with Crippen LogP contribution in [0.2, 0.25) is 0 Å². The van der Waals surface area contributed by atoms with Crippen LogP contribution in [-0.4, -0.2) is 78.6 Å². The van der Waals surface area contributed by atoms with E-state index >= 15 is 0 Å². The number of amides is 3. The van der Waals surface area contributed by atoms with E-state index in [1.54, 1.807) is 45.7 Å². The Hall–Kier alpha value is -9.50. The standard InChI is InChI=1S/C18H20O2.C17H22N2O2.C17H19NO2.C16H20O2.C15H20N2O2.C2H6.CH4/c1-12-8-10-13(11-9-12)14-6-5-7-15(16(14)19)17(20)18(2,3)4;1-11-7-9-13(10-8-11)19-16(21)14(12(2)18(19)6)15(20)17(3,4)5;1-12-7-9-13(10-8-12)18-11-5-6-14(16(18)20)15(19)17(2,3)4;1-11(2)15(18)16(8-9-16)14(17)10-13-6-4-12(3)5-7-13;1-11-5-7-12(8-6-11)16-9-10-17(14(16)19)13(18)15(2,3)4;1-2;/h6-11H,5H2,1-4H3;7-10H,1-6H3;5-11H,1-4H3;4-7,11H,8-10H2,1-3H3;5-8H,9-10H2,1-4H3;1-2H3;1H4. The molecule has 1 saturated heterocycles. The van der Waals surface area contributed by atoms with E-state index in [1.807, 2.05) is 280 Å². The van der Waals surface area contributed by atoms with Gasteiger partial charge in [0.1, 0.15) is 11.3 Å². The first-order valence-electron chi connectivity index (χ1n) is 34.7. The molecule has 0 radical (unpaired) electrons. The highest BCUT2D eigenvalue weighted by atomic mass is 16.2. The molecule has 3 heterocycles. The molecule has 0 atom stereocenters. The number of aryl methyl sites for hydroxylation is 5. The summed E-state index contributed by atoms with van der Waals surface area (Å²) in [5, 5.41) is 0. The number of allylic oxidation sites excluding steroid dienone is 4.